The molecule has 2 heterocycles. The Morgan fingerprint density at radius 2 is 1.83 bits per heavy atom. The highest BCUT2D eigenvalue weighted by molar-refractivity contribution is 7.89. The van der Waals surface area contributed by atoms with E-state index in [0.717, 1.165) is 28.7 Å². The van der Waals surface area contributed by atoms with Crippen molar-refractivity contribution in [3.8, 4) is 0 Å². The van der Waals surface area contributed by atoms with Crippen molar-refractivity contribution in [3.05, 3.63) is 40.4 Å². The van der Waals surface area contributed by atoms with Gasteiger partial charge in [-0.3, -0.25) is 9.59 Å². The molecule has 0 radical (unpaired) electrons. The standard InChI is InChI=1S/C19H25N5O4S2/c1-13-17(29-22-21-13)19(26)24-10-8-14(9-11-24)12-20-18(25)15-4-6-16(7-5-15)30(27,28)23(2)3/h4-7,14H,8-12H2,1-3H3,(H,20,25). The molecule has 0 spiro atoms. The van der Waals surface area contributed by atoms with Crippen LogP contribution in [-0.2, 0) is 10.0 Å². The molecule has 0 unspecified atom stereocenters. The Bertz CT molecular complexity index is 1010. The zero-order chi connectivity index (χ0) is 21.9. The van der Waals surface area contributed by atoms with Crippen molar-refractivity contribution >= 4 is 33.4 Å². The average molecular weight is 452 g/mol. The fourth-order valence-electron chi connectivity index (χ4n) is 3.24. The summed E-state index contributed by atoms with van der Waals surface area (Å²) in [5, 5.41) is 6.80. The number of hydrogen-bond acceptors (Lipinski definition) is 7. The monoisotopic (exact) mass is 451 g/mol. The molecule has 0 aliphatic carbocycles. The Kier molecular flexibility index (Phi) is 6.84. The SMILES string of the molecule is Cc1nnsc1C(=O)N1CCC(CNC(=O)c2ccc(S(=O)(=O)N(C)C)cc2)CC1. The van der Waals surface area contributed by atoms with E-state index in [2.05, 4.69) is 14.9 Å². The fourth-order valence-corrected chi connectivity index (χ4v) is 4.77. The summed E-state index contributed by atoms with van der Waals surface area (Å²) in [6, 6.07) is 5.89. The van der Waals surface area contributed by atoms with Crippen LogP contribution in [0.3, 0.4) is 0 Å². The molecule has 11 heteroatoms. The molecule has 2 aromatic rings. The molecule has 162 valence electrons. The average Bonchev–Trinajstić information content (AvgIpc) is 3.17. The summed E-state index contributed by atoms with van der Waals surface area (Å²) >= 11 is 1.12. The second kappa shape index (κ2) is 9.19. The molecule has 3 rings (SSSR count). The highest BCUT2D eigenvalue weighted by Gasteiger charge is 2.26. The third kappa shape index (κ3) is 4.85. The molecule has 30 heavy (non-hydrogen) atoms. The number of aromatic nitrogens is 2. The summed E-state index contributed by atoms with van der Waals surface area (Å²) in [7, 11) is -0.593. The smallest absolute Gasteiger partial charge is 0.267 e. The molecule has 1 aromatic heterocycles. The minimum absolute atomic E-state index is 0.0299. The molecule has 2 amide bonds. The van der Waals surface area contributed by atoms with Gasteiger partial charge in [0.25, 0.3) is 11.8 Å². The van der Waals surface area contributed by atoms with Crippen LogP contribution in [0.15, 0.2) is 29.2 Å². The van der Waals surface area contributed by atoms with Crippen LogP contribution in [0.25, 0.3) is 0 Å². The van der Waals surface area contributed by atoms with Crippen LogP contribution >= 0.6 is 11.5 Å². The van der Waals surface area contributed by atoms with Crippen molar-refractivity contribution < 1.29 is 18.0 Å². The summed E-state index contributed by atoms with van der Waals surface area (Å²) in [6.45, 7) is 3.56. The van der Waals surface area contributed by atoms with E-state index in [0.29, 0.717) is 35.8 Å². The molecule has 1 fully saturated rings. The molecule has 1 saturated heterocycles. The highest BCUT2D eigenvalue weighted by atomic mass is 32.2. The summed E-state index contributed by atoms with van der Waals surface area (Å²) in [5.74, 6) is 0.0125. The number of rotatable bonds is 6. The van der Waals surface area contributed by atoms with Gasteiger partial charge in [-0.15, -0.1) is 5.10 Å². The Balaban J connectivity index is 1.49. The first-order chi connectivity index (χ1) is 14.2. The van der Waals surface area contributed by atoms with Crippen molar-refractivity contribution in [2.45, 2.75) is 24.7 Å². The number of benzene rings is 1. The predicted octanol–water partition coefficient (Wildman–Crippen LogP) is 1.38. The van der Waals surface area contributed by atoms with Crippen LogP contribution in [0.4, 0.5) is 0 Å². The van der Waals surface area contributed by atoms with Crippen molar-refractivity contribution in [1.29, 1.82) is 0 Å². The third-order valence-corrected chi connectivity index (χ3v) is 7.84. The van der Waals surface area contributed by atoms with E-state index in [9.17, 15) is 18.0 Å². The largest absolute Gasteiger partial charge is 0.352 e. The van der Waals surface area contributed by atoms with E-state index in [-0.39, 0.29) is 22.6 Å². The second-order valence-corrected chi connectivity index (χ2v) is 10.4. The molecular formula is C19H25N5O4S2. The zero-order valence-corrected chi connectivity index (χ0v) is 18.8. The number of amides is 2. The van der Waals surface area contributed by atoms with E-state index in [1.807, 2.05) is 4.90 Å². The lowest BCUT2D eigenvalue weighted by Crippen LogP contribution is -2.41. The maximum absolute atomic E-state index is 12.5. The van der Waals surface area contributed by atoms with Crippen molar-refractivity contribution in [2.75, 3.05) is 33.7 Å². The number of aryl methyl sites for hydroxylation is 1. The number of likely N-dealkylation sites (tertiary alicyclic amines) is 1. The van der Waals surface area contributed by atoms with E-state index in [4.69, 9.17) is 0 Å². The molecule has 0 bridgehead atoms. The number of carbonyl (C=O) groups excluding carboxylic acids is 2. The Morgan fingerprint density at radius 1 is 1.20 bits per heavy atom. The number of nitrogens with one attached hydrogen (secondary N) is 1. The number of hydrogen-bond donors (Lipinski definition) is 1. The minimum Gasteiger partial charge on any atom is -0.352 e. The lowest BCUT2D eigenvalue weighted by atomic mass is 9.96. The van der Waals surface area contributed by atoms with Gasteiger partial charge in [-0.05, 0) is 61.5 Å². The number of nitrogens with zero attached hydrogens (tertiary/aromatic N) is 4. The number of sulfonamides is 1. The molecule has 0 saturated carbocycles. The van der Waals surface area contributed by atoms with E-state index < -0.39 is 10.0 Å². The Morgan fingerprint density at radius 3 is 2.37 bits per heavy atom. The predicted molar refractivity (Wildman–Crippen MR) is 113 cm³/mol. The lowest BCUT2D eigenvalue weighted by molar-refractivity contribution is 0.0688. The van der Waals surface area contributed by atoms with Crippen molar-refractivity contribution in [2.24, 2.45) is 5.92 Å². The quantitative estimate of drug-likeness (QED) is 0.710. The zero-order valence-electron chi connectivity index (χ0n) is 17.2. The van der Waals surface area contributed by atoms with Gasteiger partial charge in [0.15, 0.2) is 0 Å². The van der Waals surface area contributed by atoms with Gasteiger partial charge in [0.2, 0.25) is 10.0 Å². The van der Waals surface area contributed by atoms with Gasteiger partial charge in [-0.1, -0.05) is 4.49 Å². The third-order valence-electron chi connectivity index (χ3n) is 5.19. The summed E-state index contributed by atoms with van der Waals surface area (Å²) in [6.07, 6.45) is 1.61. The fraction of sp³-hybridized carbons (Fsp3) is 0.474. The van der Waals surface area contributed by atoms with Gasteiger partial charge >= 0.3 is 0 Å². The maximum atomic E-state index is 12.5. The normalized spacial score (nSPS) is 15.4. The first-order valence-corrected chi connectivity index (χ1v) is 11.8. The molecule has 1 N–H and O–H groups in total. The molecular weight excluding hydrogens is 426 g/mol. The molecule has 1 aliphatic heterocycles. The van der Waals surface area contributed by atoms with Crippen LogP contribution in [0, 0.1) is 12.8 Å². The van der Waals surface area contributed by atoms with Crippen LogP contribution in [0.1, 0.15) is 38.6 Å². The Hall–Kier alpha value is -2.37. The molecule has 9 nitrogen and oxygen atoms in total. The first-order valence-electron chi connectivity index (χ1n) is 9.59. The Labute approximate surface area is 180 Å². The minimum atomic E-state index is -3.52. The van der Waals surface area contributed by atoms with E-state index in [1.54, 1.807) is 6.92 Å². The van der Waals surface area contributed by atoms with Gasteiger partial charge < -0.3 is 10.2 Å². The van der Waals surface area contributed by atoms with E-state index in [1.165, 1.54) is 38.4 Å². The van der Waals surface area contributed by atoms with Gasteiger partial charge in [-0.2, -0.15) is 0 Å². The second-order valence-electron chi connectivity index (χ2n) is 7.44. The summed E-state index contributed by atoms with van der Waals surface area (Å²) < 4.78 is 29.2. The number of piperidine rings is 1. The van der Waals surface area contributed by atoms with Crippen LogP contribution < -0.4 is 5.32 Å². The summed E-state index contributed by atoms with van der Waals surface area (Å²) in [5.41, 5.74) is 1.07. The summed E-state index contributed by atoms with van der Waals surface area (Å²) in [4.78, 5) is 27.5. The van der Waals surface area contributed by atoms with Gasteiger partial charge in [0.1, 0.15) is 4.88 Å². The van der Waals surface area contributed by atoms with Crippen LogP contribution in [0.2, 0.25) is 0 Å². The van der Waals surface area contributed by atoms with E-state index >= 15 is 0 Å². The van der Waals surface area contributed by atoms with Gasteiger partial charge in [0.05, 0.1) is 10.6 Å². The molecule has 0 atom stereocenters. The molecule has 1 aromatic carbocycles. The number of carbonyl (C=O) groups is 2. The lowest BCUT2D eigenvalue weighted by Gasteiger charge is -2.31. The van der Waals surface area contributed by atoms with Gasteiger partial charge in [0, 0.05) is 39.3 Å². The maximum Gasteiger partial charge on any atom is 0.267 e. The highest BCUT2D eigenvalue weighted by Crippen LogP contribution is 2.21. The topological polar surface area (TPSA) is 113 Å². The van der Waals surface area contributed by atoms with Crippen LogP contribution in [0.5, 0.6) is 0 Å². The van der Waals surface area contributed by atoms with Gasteiger partial charge in [-0.25, -0.2) is 12.7 Å². The van der Waals surface area contributed by atoms with Crippen molar-refractivity contribution in [3.63, 3.8) is 0 Å². The van der Waals surface area contributed by atoms with Crippen LogP contribution in [-0.4, -0.2) is 72.8 Å². The van der Waals surface area contributed by atoms with Crippen molar-refractivity contribution in [1.82, 2.24) is 24.1 Å². The first kappa shape index (κ1) is 22.3. The molecule has 1 aliphatic rings.